The van der Waals surface area contributed by atoms with Gasteiger partial charge >= 0.3 is 0 Å². The minimum Gasteiger partial charge on any atom is -0.207 e. The number of benzene rings is 3. The Labute approximate surface area is 173 Å². The summed E-state index contributed by atoms with van der Waals surface area (Å²) in [6, 6.07) is 26.9. The number of sulfonamides is 1. The van der Waals surface area contributed by atoms with Crippen LogP contribution in [-0.4, -0.2) is 24.8 Å². The molecule has 148 valence electrons. The van der Waals surface area contributed by atoms with Crippen molar-refractivity contribution in [2.24, 2.45) is 0 Å². The molecule has 0 radical (unpaired) electrons. The SMILES string of the molecule is Cc1ccc(S(=O)(=O)N2[C@H](Cc3ccccc3)C=C[C@H]2Cc2ccccc2)cc1. The molecule has 0 amide bonds. The molecule has 1 aliphatic heterocycles. The standard InChI is InChI=1S/C25H25NO2S/c1-20-12-16-25(17-13-20)29(27,28)26-23(18-21-8-4-2-5-9-21)14-15-24(26)19-22-10-6-3-7-11-22/h2-17,23-24H,18-19H2,1H3/t23-,24-/m0/s1. The number of rotatable bonds is 6. The van der Waals surface area contributed by atoms with Crippen molar-refractivity contribution in [1.82, 2.24) is 4.31 Å². The summed E-state index contributed by atoms with van der Waals surface area (Å²) in [5.74, 6) is 0. The third-order valence-corrected chi connectivity index (χ3v) is 7.35. The lowest BCUT2D eigenvalue weighted by Crippen LogP contribution is -2.43. The van der Waals surface area contributed by atoms with Crippen LogP contribution in [0.3, 0.4) is 0 Å². The first kappa shape index (κ1) is 19.6. The van der Waals surface area contributed by atoms with E-state index in [0.717, 1.165) is 16.7 Å². The zero-order valence-electron chi connectivity index (χ0n) is 16.5. The summed E-state index contributed by atoms with van der Waals surface area (Å²) in [6.45, 7) is 1.96. The number of hydrogen-bond donors (Lipinski definition) is 0. The van der Waals surface area contributed by atoms with E-state index in [-0.39, 0.29) is 12.1 Å². The van der Waals surface area contributed by atoms with Crippen LogP contribution in [-0.2, 0) is 22.9 Å². The molecule has 4 heteroatoms. The van der Waals surface area contributed by atoms with E-state index in [1.807, 2.05) is 67.6 Å². The Morgan fingerprint density at radius 1 is 0.690 bits per heavy atom. The van der Waals surface area contributed by atoms with Crippen LogP contribution in [0.2, 0.25) is 0 Å². The highest BCUT2D eigenvalue weighted by Gasteiger charge is 2.38. The van der Waals surface area contributed by atoms with E-state index in [1.165, 1.54) is 0 Å². The van der Waals surface area contributed by atoms with Crippen molar-refractivity contribution in [2.45, 2.75) is 36.7 Å². The van der Waals surface area contributed by atoms with E-state index in [1.54, 1.807) is 16.4 Å². The summed E-state index contributed by atoms with van der Waals surface area (Å²) in [4.78, 5) is 0.350. The monoisotopic (exact) mass is 403 g/mol. The van der Waals surface area contributed by atoms with E-state index in [4.69, 9.17) is 0 Å². The van der Waals surface area contributed by atoms with Gasteiger partial charge in [-0.15, -0.1) is 0 Å². The normalized spacial score (nSPS) is 19.5. The first-order valence-corrected chi connectivity index (χ1v) is 11.3. The molecule has 0 unspecified atom stereocenters. The van der Waals surface area contributed by atoms with Crippen LogP contribution in [0.1, 0.15) is 16.7 Å². The van der Waals surface area contributed by atoms with Gasteiger partial charge in [0.15, 0.2) is 0 Å². The molecular weight excluding hydrogens is 378 g/mol. The predicted molar refractivity (Wildman–Crippen MR) is 117 cm³/mol. The highest BCUT2D eigenvalue weighted by Crippen LogP contribution is 2.30. The first-order valence-electron chi connectivity index (χ1n) is 9.90. The van der Waals surface area contributed by atoms with Crippen molar-refractivity contribution in [3.05, 3.63) is 114 Å². The molecular formula is C25H25NO2S. The van der Waals surface area contributed by atoms with Crippen molar-refractivity contribution < 1.29 is 8.42 Å². The molecule has 0 saturated carbocycles. The van der Waals surface area contributed by atoms with Crippen molar-refractivity contribution in [3.63, 3.8) is 0 Å². The Bertz CT molecular complexity index is 1020. The maximum atomic E-state index is 13.6. The van der Waals surface area contributed by atoms with Gasteiger partial charge in [-0.2, -0.15) is 4.31 Å². The lowest BCUT2D eigenvalue weighted by atomic mass is 10.1. The molecule has 0 saturated heterocycles. The van der Waals surface area contributed by atoms with Crippen molar-refractivity contribution in [3.8, 4) is 0 Å². The predicted octanol–water partition coefficient (Wildman–Crippen LogP) is 4.78. The lowest BCUT2D eigenvalue weighted by Gasteiger charge is -2.30. The molecule has 0 spiro atoms. The van der Waals surface area contributed by atoms with Gasteiger partial charge in [-0.05, 0) is 43.0 Å². The Kier molecular flexibility index (Phi) is 5.65. The quantitative estimate of drug-likeness (QED) is 0.556. The van der Waals surface area contributed by atoms with E-state index in [0.29, 0.717) is 17.7 Å². The summed E-state index contributed by atoms with van der Waals surface area (Å²) >= 11 is 0. The molecule has 2 atom stereocenters. The highest BCUT2D eigenvalue weighted by molar-refractivity contribution is 7.89. The number of hydrogen-bond acceptors (Lipinski definition) is 2. The Morgan fingerprint density at radius 3 is 1.59 bits per heavy atom. The van der Waals surface area contributed by atoms with Crippen LogP contribution in [0.15, 0.2) is 102 Å². The van der Waals surface area contributed by atoms with Crippen molar-refractivity contribution in [2.75, 3.05) is 0 Å². The first-order chi connectivity index (χ1) is 14.0. The van der Waals surface area contributed by atoms with Crippen LogP contribution in [0.4, 0.5) is 0 Å². The largest absolute Gasteiger partial charge is 0.244 e. The second kappa shape index (κ2) is 8.36. The van der Waals surface area contributed by atoms with Crippen LogP contribution in [0, 0.1) is 6.92 Å². The topological polar surface area (TPSA) is 37.4 Å². The van der Waals surface area contributed by atoms with Gasteiger partial charge < -0.3 is 0 Å². The molecule has 0 fully saturated rings. The minimum atomic E-state index is -3.62. The summed E-state index contributed by atoms with van der Waals surface area (Å²) in [6.07, 6.45) is 5.42. The van der Waals surface area contributed by atoms with E-state index in [9.17, 15) is 8.42 Å². The number of aryl methyl sites for hydroxylation is 1. The zero-order valence-corrected chi connectivity index (χ0v) is 17.3. The van der Waals surface area contributed by atoms with Gasteiger partial charge in [-0.3, -0.25) is 0 Å². The molecule has 3 nitrogen and oxygen atoms in total. The minimum absolute atomic E-state index is 0.197. The molecule has 0 N–H and O–H groups in total. The molecule has 29 heavy (non-hydrogen) atoms. The average Bonchev–Trinajstić information content (AvgIpc) is 3.12. The van der Waals surface area contributed by atoms with Gasteiger partial charge in [0, 0.05) is 12.1 Å². The molecule has 3 aromatic carbocycles. The molecule has 0 bridgehead atoms. The van der Waals surface area contributed by atoms with Crippen LogP contribution >= 0.6 is 0 Å². The maximum absolute atomic E-state index is 13.6. The third kappa shape index (κ3) is 4.34. The molecule has 1 aliphatic rings. The Hall–Kier alpha value is -2.69. The molecule has 3 aromatic rings. The van der Waals surface area contributed by atoms with Gasteiger partial charge in [0.2, 0.25) is 10.0 Å². The second-order valence-corrected chi connectivity index (χ2v) is 9.39. The summed E-state index contributed by atoms with van der Waals surface area (Å²) in [5, 5.41) is 0. The second-order valence-electron chi connectivity index (χ2n) is 7.55. The fraction of sp³-hybridized carbons (Fsp3) is 0.200. The van der Waals surface area contributed by atoms with Crippen LogP contribution in [0.5, 0.6) is 0 Å². The van der Waals surface area contributed by atoms with Gasteiger partial charge in [-0.25, -0.2) is 8.42 Å². The van der Waals surface area contributed by atoms with Gasteiger partial charge in [0.05, 0.1) is 4.90 Å². The fourth-order valence-electron chi connectivity index (χ4n) is 3.89. The average molecular weight is 404 g/mol. The smallest absolute Gasteiger partial charge is 0.207 e. The summed E-state index contributed by atoms with van der Waals surface area (Å²) in [7, 11) is -3.62. The van der Waals surface area contributed by atoms with Crippen LogP contribution in [0.25, 0.3) is 0 Å². The lowest BCUT2D eigenvalue weighted by molar-refractivity contribution is 0.336. The van der Waals surface area contributed by atoms with E-state index < -0.39 is 10.0 Å². The van der Waals surface area contributed by atoms with Crippen molar-refractivity contribution >= 4 is 10.0 Å². The Morgan fingerprint density at radius 2 is 1.14 bits per heavy atom. The zero-order chi connectivity index (χ0) is 20.3. The van der Waals surface area contributed by atoms with E-state index >= 15 is 0 Å². The van der Waals surface area contributed by atoms with Crippen molar-refractivity contribution in [1.29, 1.82) is 0 Å². The number of nitrogens with zero attached hydrogens (tertiary/aromatic N) is 1. The molecule has 4 rings (SSSR count). The maximum Gasteiger partial charge on any atom is 0.244 e. The molecule has 0 aliphatic carbocycles. The molecule has 0 aromatic heterocycles. The third-order valence-electron chi connectivity index (χ3n) is 5.38. The van der Waals surface area contributed by atoms with Crippen LogP contribution < -0.4 is 0 Å². The summed E-state index contributed by atoms with van der Waals surface area (Å²) < 4.78 is 29.0. The fourth-order valence-corrected chi connectivity index (χ4v) is 5.61. The highest BCUT2D eigenvalue weighted by atomic mass is 32.2. The summed E-state index contributed by atoms with van der Waals surface area (Å²) in [5.41, 5.74) is 3.31. The van der Waals surface area contributed by atoms with Gasteiger partial charge in [0.25, 0.3) is 0 Å². The van der Waals surface area contributed by atoms with E-state index in [2.05, 4.69) is 24.3 Å². The van der Waals surface area contributed by atoms with Gasteiger partial charge in [0.1, 0.15) is 0 Å². The molecule has 1 heterocycles. The van der Waals surface area contributed by atoms with Gasteiger partial charge in [-0.1, -0.05) is 90.5 Å². The Balaban J connectivity index is 1.68.